The molecule has 0 radical (unpaired) electrons. The highest BCUT2D eigenvalue weighted by Crippen LogP contribution is 2.76. The summed E-state index contributed by atoms with van der Waals surface area (Å²) >= 11 is 0. The van der Waals surface area contributed by atoms with E-state index in [2.05, 4.69) is 62.3 Å². The van der Waals surface area contributed by atoms with E-state index in [9.17, 15) is 36.4 Å². The molecule has 15 heteroatoms. The van der Waals surface area contributed by atoms with E-state index in [0.717, 1.165) is 38.5 Å². The molecule has 0 saturated heterocycles. The number of sulfone groups is 1. The van der Waals surface area contributed by atoms with Gasteiger partial charge < -0.3 is 19.4 Å². The molecule has 0 bridgehead atoms. The van der Waals surface area contributed by atoms with Gasteiger partial charge in [0, 0.05) is 5.41 Å². The van der Waals surface area contributed by atoms with Crippen LogP contribution in [0.3, 0.4) is 0 Å². The lowest BCUT2D eigenvalue weighted by molar-refractivity contribution is -0.832. The third-order valence-corrected chi connectivity index (χ3v) is 17.7. The van der Waals surface area contributed by atoms with Crippen LogP contribution in [0, 0.1) is 67.3 Å². The molecule has 0 amide bonds. The molecule has 0 unspecified atom stereocenters. The summed E-state index contributed by atoms with van der Waals surface area (Å²) in [5, 5.41) is 14.9. The van der Waals surface area contributed by atoms with Gasteiger partial charge >= 0.3 is 29.0 Å². The van der Waals surface area contributed by atoms with Gasteiger partial charge in [0.15, 0.2) is 13.2 Å². The normalized spacial score (nSPS) is 34.6. The van der Waals surface area contributed by atoms with Crippen molar-refractivity contribution in [3.63, 3.8) is 0 Å². The Morgan fingerprint density at radius 1 is 0.932 bits per heavy atom. The number of benzene rings is 1. The molecule has 7 rings (SSSR count). The number of carbonyl (C=O) groups is 2. The third kappa shape index (κ3) is 6.93. The number of nitrogens with zero attached hydrogens (tertiary/aromatic N) is 2. The summed E-state index contributed by atoms with van der Waals surface area (Å²) in [7, 11) is -4.29. The second-order valence-corrected chi connectivity index (χ2v) is 21.6. The van der Waals surface area contributed by atoms with Gasteiger partial charge in [0.05, 0.1) is 15.5 Å². The minimum atomic E-state index is -5.04. The number of esters is 2. The van der Waals surface area contributed by atoms with Gasteiger partial charge in [-0.2, -0.15) is 13.2 Å². The molecule has 5 aliphatic rings. The highest BCUT2D eigenvalue weighted by Gasteiger charge is 2.70. The van der Waals surface area contributed by atoms with Crippen molar-refractivity contribution < 1.29 is 54.9 Å². The van der Waals surface area contributed by atoms with Crippen LogP contribution in [0.1, 0.15) is 113 Å². The standard InChI is InChI=1S/C44H55F3N2O9S/c1-38(2)21-23-43(36(50)56-26-12-11-25-55-34-35(49(52)58-48-34)59(53,54)28-13-9-8-10-14-28)24-22-41(6)29(30(43)27-38)15-16-32-40(5)19-18-33(57-37(51)44(45,46)47)39(3,4)31(40)17-20-42(32,41)7/h8-10,13-15,30-33H,16-27H2,1-7H3/t30-,31-,32+,33-,40-,41+,42+,43-/m0/s1. The van der Waals surface area contributed by atoms with Gasteiger partial charge in [-0.3, -0.25) is 9.42 Å². The monoisotopic (exact) mass is 844 g/mol. The molecule has 322 valence electrons. The van der Waals surface area contributed by atoms with Crippen molar-refractivity contribution in [2.45, 2.75) is 135 Å². The topological polar surface area (TPSA) is 149 Å². The fourth-order valence-corrected chi connectivity index (χ4v) is 14.0. The molecule has 5 aliphatic carbocycles. The second-order valence-electron chi connectivity index (χ2n) is 19.7. The zero-order valence-electron chi connectivity index (χ0n) is 34.9. The Morgan fingerprint density at radius 3 is 2.31 bits per heavy atom. The van der Waals surface area contributed by atoms with Crippen LogP contribution in [-0.4, -0.2) is 51.0 Å². The Kier molecular flexibility index (Phi) is 10.6. The van der Waals surface area contributed by atoms with Gasteiger partial charge in [0.25, 0.3) is 9.84 Å². The Labute approximate surface area is 344 Å². The number of rotatable bonds is 7. The lowest BCUT2D eigenvalue weighted by atomic mass is 9.33. The molecule has 4 fully saturated rings. The molecular weight excluding hydrogens is 790 g/mol. The lowest BCUT2D eigenvalue weighted by Gasteiger charge is -2.71. The second kappa shape index (κ2) is 14.5. The maximum Gasteiger partial charge on any atom is 0.490 e. The summed E-state index contributed by atoms with van der Waals surface area (Å²) in [6.45, 7) is 15.0. The maximum absolute atomic E-state index is 14.4. The predicted molar refractivity (Wildman–Crippen MR) is 207 cm³/mol. The van der Waals surface area contributed by atoms with E-state index in [1.54, 1.807) is 6.07 Å². The number of hydrogen-bond acceptors (Lipinski definition) is 10. The van der Waals surface area contributed by atoms with Gasteiger partial charge in [0.2, 0.25) is 0 Å². The Balaban J connectivity index is 1.07. The summed E-state index contributed by atoms with van der Waals surface area (Å²) in [5.74, 6) is 2.84. The molecule has 1 heterocycles. The van der Waals surface area contributed by atoms with Gasteiger partial charge in [-0.25, -0.2) is 13.2 Å². The molecule has 4 saturated carbocycles. The quantitative estimate of drug-likeness (QED) is 0.115. The number of halogens is 3. The molecule has 0 aliphatic heterocycles. The summed E-state index contributed by atoms with van der Waals surface area (Å²) in [4.78, 5) is 26.0. The maximum atomic E-state index is 14.4. The zero-order valence-corrected chi connectivity index (χ0v) is 35.7. The van der Waals surface area contributed by atoms with Crippen LogP contribution in [0.15, 0.2) is 56.5 Å². The van der Waals surface area contributed by atoms with E-state index in [4.69, 9.17) is 14.2 Å². The molecule has 0 N–H and O–H groups in total. The first-order valence-electron chi connectivity index (χ1n) is 20.6. The summed E-state index contributed by atoms with van der Waals surface area (Å²) < 4.78 is 87.0. The molecule has 1 aromatic heterocycles. The highest BCUT2D eigenvalue weighted by molar-refractivity contribution is 7.91. The first-order chi connectivity index (χ1) is 27.4. The van der Waals surface area contributed by atoms with Crippen LogP contribution in [-0.2, 0) is 28.9 Å². The average Bonchev–Trinajstić information content (AvgIpc) is 3.54. The minimum absolute atomic E-state index is 0.00145. The molecule has 1 aromatic carbocycles. The number of ether oxygens (including phenoxy) is 3. The summed E-state index contributed by atoms with van der Waals surface area (Å²) in [6, 6.07) is 7.34. The number of fused-ring (bicyclic) bond motifs is 7. The zero-order chi connectivity index (χ0) is 43.0. The summed E-state index contributed by atoms with van der Waals surface area (Å²) in [6.07, 6.45) is 3.89. The van der Waals surface area contributed by atoms with Gasteiger partial charge in [-0.1, -0.05) is 90.2 Å². The van der Waals surface area contributed by atoms with Crippen molar-refractivity contribution >= 4 is 21.8 Å². The van der Waals surface area contributed by atoms with Crippen molar-refractivity contribution in [2.24, 2.45) is 50.2 Å². The van der Waals surface area contributed by atoms with Crippen molar-refractivity contribution in [3.05, 3.63) is 47.2 Å². The summed E-state index contributed by atoms with van der Waals surface area (Å²) in [5.41, 5.74) is -0.588. The van der Waals surface area contributed by atoms with Crippen LogP contribution in [0.4, 0.5) is 13.2 Å². The van der Waals surface area contributed by atoms with E-state index in [1.165, 1.54) is 29.8 Å². The molecule has 8 atom stereocenters. The Bertz CT molecular complexity index is 2190. The number of allylic oxidation sites excluding steroid dienone is 2. The van der Waals surface area contributed by atoms with E-state index < -0.39 is 49.8 Å². The van der Waals surface area contributed by atoms with Crippen molar-refractivity contribution in [3.8, 4) is 17.7 Å². The fourth-order valence-electron chi connectivity index (χ4n) is 12.7. The van der Waals surface area contributed by atoms with E-state index in [1.807, 2.05) is 13.8 Å². The number of alkyl halides is 3. The predicted octanol–water partition coefficient (Wildman–Crippen LogP) is 8.34. The third-order valence-electron chi connectivity index (χ3n) is 16.0. The first kappa shape index (κ1) is 43.0. The van der Waals surface area contributed by atoms with Crippen LogP contribution in [0.2, 0.25) is 0 Å². The first-order valence-corrected chi connectivity index (χ1v) is 22.1. The van der Waals surface area contributed by atoms with Crippen LogP contribution < -0.4 is 9.64 Å². The number of aromatic nitrogens is 2. The Hall–Kier alpha value is -4.06. The average molecular weight is 845 g/mol. The Morgan fingerprint density at radius 2 is 1.61 bits per heavy atom. The van der Waals surface area contributed by atoms with Crippen LogP contribution in [0.5, 0.6) is 5.88 Å². The van der Waals surface area contributed by atoms with Crippen molar-refractivity contribution in [1.82, 2.24) is 5.16 Å². The minimum Gasteiger partial charge on any atom is -0.455 e. The van der Waals surface area contributed by atoms with Crippen LogP contribution >= 0.6 is 0 Å². The fraction of sp³-hybridized carbons (Fsp3) is 0.682. The SMILES string of the molecule is CC1(C)CC[C@]2(C(=O)OCC#CCOc3no[n+]([O-])c3S(=O)(=O)c3ccccc3)CC[C@]3(C)C(=CC[C@@H]4[C@@]5(C)CC[C@H](OC(=O)C(F)(F)F)C(C)(C)[C@@H]5CC[C@]43C)[C@@H]2C1. The van der Waals surface area contributed by atoms with Crippen molar-refractivity contribution in [1.29, 1.82) is 0 Å². The van der Waals surface area contributed by atoms with E-state index in [0.29, 0.717) is 25.7 Å². The molecule has 11 nitrogen and oxygen atoms in total. The smallest absolute Gasteiger partial charge is 0.455 e. The molecule has 0 spiro atoms. The van der Waals surface area contributed by atoms with Gasteiger partial charge in [-0.05, 0) is 121 Å². The number of carbonyl (C=O) groups excluding carboxylic acids is 2. The molecular formula is C44H55F3N2O9S. The lowest BCUT2D eigenvalue weighted by Crippen LogP contribution is -2.65. The van der Waals surface area contributed by atoms with Crippen molar-refractivity contribution in [2.75, 3.05) is 13.2 Å². The molecule has 59 heavy (non-hydrogen) atoms. The largest absolute Gasteiger partial charge is 0.490 e. The number of hydrogen-bond donors (Lipinski definition) is 0. The molecule has 2 aromatic rings. The highest BCUT2D eigenvalue weighted by atomic mass is 32.2. The van der Waals surface area contributed by atoms with Crippen LogP contribution in [0.25, 0.3) is 0 Å². The van der Waals surface area contributed by atoms with Gasteiger partial charge in [-0.15, -0.1) is 0 Å². The van der Waals surface area contributed by atoms with E-state index >= 15 is 0 Å². The van der Waals surface area contributed by atoms with Gasteiger partial charge in [0.1, 0.15) is 6.10 Å². The van der Waals surface area contributed by atoms with E-state index in [-0.39, 0.29) is 68.4 Å².